The zero-order valence-electron chi connectivity index (χ0n) is 18.0. The summed E-state index contributed by atoms with van der Waals surface area (Å²) in [4.78, 5) is 26.8. The van der Waals surface area contributed by atoms with Gasteiger partial charge in [0.25, 0.3) is 5.91 Å². The Morgan fingerprint density at radius 1 is 0.750 bits per heavy atom. The number of ether oxygens (including phenoxy) is 1. The van der Waals surface area contributed by atoms with Crippen LogP contribution in [0.4, 0.5) is 5.69 Å². The molecular formula is C28H25NO3. The van der Waals surface area contributed by atoms with E-state index in [1.54, 1.807) is 4.90 Å². The molecule has 32 heavy (non-hydrogen) atoms. The van der Waals surface area contributed by atoms with Gasteiger partial charge in [-0.1, -0.05) is 91.0 Å². The topological polar surface area (TPSA) is 46.6 Å². The second-order valence-corrected chi connectivity index (χ2v) is 7.54. The van der Waals surface area contributed by atoms with E-state index in [-0.39, 0.29) is 18.9 Å². The number of benzene rings is 4. The van der Waals surface area contributed by atoms with E-state index in [2.05, 4.69) is 0 Å². The fourth-order valence-corrected chi connectivity index (χ4v) is 3.81. The van der Waals surface area contributed by atoms with Crippen LogP contribution in [-0.2, 0) is 20.7 Å². The summed E-state index contributed by atoms with van der Waals surface area (Å²) >= 11 is 0. The van der Waals surface area contributed by atoms with E-state index in [0.717, 1.165) is 33.2 Å². The average molecular weight is 424 g/mol. The zero-order chi connectivity index (χ0) is 22.3. The number of carbonyl (C=O) groups excluding carboxylic acids is 2. The Morgan fingerprint density at radius 3 is 2.16 bits per heavy atom. The van der Waals surface area contributed by atoms with Crippen molar-refractivity contribution >= 4 is 28.3 Å². The van der Waals surface area contributed by atoms with E-state index in [1.807, 2.05) is 104 Å². The smallest absolute Gasteiger partial charge is 0.310 e. The lowest BCUT2D eigenvalue weighted by molar-refractivity contribution is -0.147. The normalized spacial score (nSPS) is 10.7. The van der Waals surface area contributed by atoms with Crippen LogP contribution in [0, 0.1) is 0 Å². The Labute approximate surface area is 188 Å². The van der Waals surface area contributed by atoms with Crippen LogP contribution >= 0.6 is 0 Å². The molecule has 0 fully saturated rings. The number of anilines is 1. The first-order valence-corrected chi connectivity index (χ1v) is 10.7. The molecule has 0 aliphatic rings. The molecular weight excluding hydrogens is 398 g/mol. The lowest BCUT2D eigenvalue weighted by Crippen LogP contribution is -2.34. The lowest BCUT2D eigenvalue weighted by atomic mass is 10.0. The standard InChI is InChI=1S/C28H25NO3/c1-2-29(26-14-8-12-24-11-6-7-13-25(24)26)27(30)20-32-28(31)19-21-15-17-23(18-16-21)22-9-4-3-5-10-22/h3-18H,2,19-20H2,1H3. The summed E-state index contributed by atoms with van der Waals surface area (Å²) in [5, 5.41) is 2.06. The van der Waals surface area contributed by atoms with Crippen LogP contribution in [0.25, 0.3) is 21.9 Å². The average Bonchev–Trinajstić information content (AvgIpc) is 2.84. The van der Waals surface area contributed by atoms with Gasteiger partial charge in [-0.3, -0.25) is 9.59 Å². The molecule has 0 unspecified atom stereocenters. The number of likely N-dealkylation sites (N-methyl/N-ethyl adjacent to an activating group) is 1. The number of hydrogen-bond acceptors (Lipinski definition) is 3. The predicted octanol–water partition coefficient (Wildman–Crippen LogP) is 5.65. The summed E-state index contributed by atoms with van der Waals surface area (Å²) in [6, 6.07) is 31.7. The molecule has 4 heteroatoms. The van der Waals surface area contributed by atoms with Crippen molar-refractivity contribution in [2.45, 2.75) is 13.3 Å². The summed E-state index contributed by atoms with van der Waals surface area (Å²) in [5.74, 6) is -0.656. The van der Waals surface area contributed by atoms with E-state index in [9.17, 15) is 9.59 Å². The summed E-state index contributed by atoms with van der Waals surface area (Å²) in [7, 11) is 0. The quantitative estimate of drug-likeness (QED) is 0.361. The molecule has 160 valence electrons. The third kappa shape index (κ3) is 4.86. The van der Waals surface area contributed by atoms with Crippen molar-refractivity contribution in [3.63, 3.8) is 0 Å². The number of rotatable bonds is 7. The molecule has 4 aromatic carbocycles. The number of amides is 1. The molecule has 4 aromatic rings. The van der Waals surface area contributed by atoms with Gasteiger partial charge in [0.1, 0.15) is 0 Å². The van der Waals surface area contributed by atoms with E-state index in [1.165, 1.54) is 0 Å². The van der Waals surface area contributed by atoms with Crippen LogP contribution < -0.4 is 4.90 Å². The SMILES string of the molecule is CCN(C(=O)COC(=O)Cc1ccc(-c2ccccc2)cc1)c1cccc2ccccc12. The molecule has 0 bridgehead atoms. The van der Waals surface area contributed by atoms with Gasteiger partial charge in [0.2, 0.25) is 0 Å². The van der Waals surface area contributed by atoms with Gasteiger partial charge in [0.15, 0.2) is 6.61 Å². The molecule has 0 N–H and O–H groups in total. The third-order valence-corrected chi connectivity index (χ3v) is 5.44. The Bertz CT molecular complexity index is 1210. The number of nitrogens with zero attached hydrogens (tertiary/aromatic N) is 1. The molecule has 0 heterocycles. The minimum atomic E-state index is -0.417. The highest BCUT2D eigenvalue weighted by Crippen LogP contribution is 2.27. The van der Waals surface area contributed by atoms with E-state index in [4.69, 9.17) is 4.74 Å². The van der Waals surface area contributed by atoms with Crippen molar-refractivity contribution in [3.8, 4) is 11.1 Å². The first-order chi connectivity index (χ1) is 15.7. The number of carbonyl (C=O) groups is 2. The van der Waals surface area contributed by atoms with E-state index >= 15 is 0 Å². The highest BCUT2D eigenvalue weighted by atomic mass is 16.5. The van der Waals surface area contributed by atoms with Crippen LogP contribution in [0.5, 0.6) is 0 Å². The van der Waals surface area contributed by atoms with Gasteiger partial charge in [-0.25, -0.2) is 0 Å². The monoisotopic (exact) mass is 423 g/mol. The molecule has 0 aromatic heterocycles. The Kier molecular flexibility index (Phi) is 6.61. The van der Waals surface area contributed by atoms with Crippen LogP contribution in [0.3, 0.4) is 0 Å². The fraction of sp³-hybridized carbons (Fsp3) is 0.143. The van der Waals surface area contributed by atoms with Crippen LogP contribution in [0.15, 0.2) is 97.1 Å². The molecule has 4 nitrogen and oxygen atoms in total. The first-order valence-electron chi connectivity index (χ1n) is 10.7. The second kappa shape index (κ2) is 9.92. The van der Waals surface area contributed by atoms with E-state index in [0.29, 0.717) is 6.54 Å². The lowest BCUT2D eigenvalue weighted by Gasteiger charge is -2.22. The Balaban J connectivity index is 1.37. The van der Waals surface area contributed by atoms with Crippen molar-refractivity contribution in [1.29, 1.82) is 0 Å². The molecule has 0 aliphatic carbocycles. The summed E-state index contributed by atoms with van der Waals surface area (Å²) < 4.78 is 5.31. The van der Waals surface area contributed by atoms with Crippen LogP contribution in [0.2, 0.25) is 0 Å². The maximum atomic E-state index is 12.8. The van der Waals surface area contributed by atoms with Gasteiger partial charge >= 0.3 is 5.97 Å². The van der Waals surface area contributed by atoms with Crippen molar-refractivity contribution in [1.82, 2.24) is 0 Å². The Morgan fingerprint density at radius 2 is 1.41 bits per heavy atom. The molecule has 0 saturated heterocycles. The molecule has 0 atom stereocenters. The Hall–Kier alpha value is -3.92. The van der Waals surface area contributed by atoms with Crippen molar-refractivity contribution in [2.24, 2.45) is 0 Å². The second-order valence-electron chi connectivity index (χ2n) is 7.54. The molecule has 4 rings (SSSR count). The highest BCUT2D eigenvalue weighted by Gasteiger charge is 2.18. The third-order valence-electron chi connectivity index (χ3n) is 5.44. The van der Waals surface area contributed by atoms with Gasteiger partial charge in [0, 0.05) is 11.9 Å². The fourth-order valence-electron chi connectivity index (χ4n) is 3.81. The molecule has 0 aliphatic heterocycles. The molecule has 0 radical (unpaired) electrons. The highest BCUT2D eigenvalue weighted by molar-refractivity contribution is 6.04. The largest absolute Gasteiger partial charge is 0.455 e. The molecule has 0 spiro atoms. The number of esters is 1. The minimum Gasteiger partial charge on any atom is -0.455 e. The van der Waals surface area contributed by atoms with Crippen molar-refractivity contribution < 1.29 is 14.3 Å². The first kappa shape index (κ1) is 21.3. The predicted molar refractivity (Wildman–Crippen MR) is 129 cm³/mol. The van der Waals surface area contributed by atoms with Crippen LogP contribution in [0.1, 0.15) is 12.5 Å². The van der Waals surface area contributed by atoms with Crippen LogP contribution in [-0.4, -0.2) is 25.0 Å². The number of hydrogen-bond donors (Lipinski definition) is 0. The molecule has 1 amide bonds. The maximum Gasteiger partial charge on any atom is 0.310 e. The zero-order valence-corrected chi connectivity index (χ0v) is 18.0. The van der Waals surface area contributed by atoms with Gasteiger partial charge in [-0.2, -0.15) is 0 Å². The van der Waals surface area contributed by atoms with Crippen molar-refractivity contribution in [2.75, 3.05) is 18.1 Å². The summed E-state index contributed by atoms with van der Waals surface area (Å²) in [6.45, 7) is 2.12. The van der Waals surface area contributed by atoms with Gasteiger partial charge in [-0.05, 0) is 35.1 Å². The maximum absolute atomic E-state index is 12.8. The minimum absolute atomic E-state index is 0.128. The summed E-state index contributed by atoms with van der Waals surface area (Å²) in [6.07, 6.45) is 0.128. The van der Waals surface area contributed by atoms with E-state index < -0.39 is 5.97 Å². The van der Waals surface area contributed by atoms with Gasteiger partial charge < -0.3 is 9.64 Å². The molecule has 0 saturated carbocycles. The van der Waals surface area contributed by atoms with Gasteiger partial charge in [-0.15, -0.1) is 0 Å². The number of fused-ring (bicyclic) bond motifs is 1. The van der Waals surface area contributed by atoms with Crippen molar-refractivity contribution in [3.05, 3.63) is 103 Å². The summed E-state index contributed by atoms with van der Waals surface area (Å²) in [5.41, 5.74) is 3.89. The van der Waals surface area contributed by atoms with Gasteiger partial charge in [0.05, 0.1) is 12.1 Å².